The SMILES string of the molecule is CCOc1ccc(N([C@@H](C)C(=O)N2CCC(C(=O)OC)CC2)S(C)(=O)=O)cc1. The van der Waals surface area contributed by atoms with E-state index >= 15 is 0 Å². The van der Waals surface area contributed by atoms with E-state index in [0.717, 1.165) is 10.6 Å². The molecule has 0 aromatic heterocycles. The number of anilines is 1. The van der Waals surface area contributed by atoms with Crippen molar-refractivity contribution in [2.75, 3.05) is 37.4 Å². The van der Waals surface area contributed by atoms with Crippen molar-refractivity contribution in [3.63, 3.8) is 0 Å². The summed E-state index contributed by atoms with van der Waals surface area (Å²) in [5.74, 6) is -0.153. The van der Waals surface area contributed by atoms with Gasteiger partial charge in [0.05, 0.1) is 31.6 Å². The van der Waals surface area contributed by atoms with Gasteiger partial charge < -0.3 is 14.4 Å². The smallest absolute Gasteiger partial charge is 0.308 e. The van der Waals surface area contributed by atoms with Crippen LogP contribution in [0.4, 0.5) is 5.69 Å². The highest BCUT2D eigenvalue weighted by Gasteiger charge is 2.35. The third kappa shape index (κ3) is 5.15. The number of piperidine rings is 1. The van der Waals surface area contributed by atoms with Crippen LogP contribution in [-0.2, 0) is 24.3 Å². The summed E-state index contributed by atoms with van der Waals surface area (Å²) in [4.78, 5) is 26.2. The van der Waals surface area contributed by atoms with Crippen molar-refractivity contribution in [2.45, 2.75) is 32.7 Å². The Balaban J connectivity index is 2.16. The number of likely N-dealkylation sites (tertiary alicyclic amines) is 1. The Kier molecular flexibility index (Phi) is 7.29. The molecule has 156 valence electrons. The van der Waals surface area contributed by atoms with Crippen molar-refractivity contribution in [3.05, 3.63) is 24.3 Å². The van der Waals surface area contributed by atoms with Crippen molar-refractivity contribution in [1.82, 2.24) is 4.90 Å². The molecule has 1 fully saturated rings. The van der Waals surface area contributed by atoms with Crippen molar-refractivity contribution in [3.8, 4) is 5.75 Å². The Morgan fingerprint density at radius 2 is 1.79 bits per heavy atom. The summed E-state index contributed by atoms with van der Waals surface area (Å²) in [7, 11) is -2.33. The average Bonchev–Trinajstić information content (AvgIpc) is 2.67. The average molecular weight is 413 g/mol. The molecule has 0 bridgehead atoms. The number of amides is 1. The van der Waals surface area contributed by atoms with Gasteiger partial charge in [-0.25, -0.2) is 8.42 Å². The van der Waals surface area contributed by atoms with Crippen molar-refractivity contribution in [2.24, 2.45) is 5.92 Å². The number of carbonyl (C=O) groups is 2. The lowest BCUT2D eigenvalue weighted by molar-refractivity contribution is -0.149. The lowest BCUT2D eigenvalue weighted by Gasteiger charge is -2.36. The second-order valence-corrected chi connectivity index (χ2v) is 8.64. The number of hydrogen-bond acceptors (Lipinski definition) is 6. The monoisotopic (exact) mass is 412 g/mol. The Labute approximate surface area is 166 Å². The zero-order chi connectivity index (χ0) is 20.9. The highest BCUT2D eigenvalue weighted by Crippen LogP contribution is 2.26. The number of esters is 1. The maximum atomic E-state index is 13.0. The third-order valence-corrected chi connectivity index (χ3v) is 6.05. The second kappa shape index (κ2) is 9.27. The van der Waals surface area contributed by atoms with Crippen molar-refractivity contribution >= 4 is 27.6 Å². The predicted molar refractivity (Wildman–Crippen MR) is 106 cm³/mol. The van der Waals surface area contributed by atoms with Gasteiger partial charge in [-0.2, -0.15) is 0 Å². The summed E-state index contributed by atoms with van der Waals surface area (Å²) < 4.78 is 36.1. The molecule has 28 heavy (non-hydrogen) atoms. The van der Waals surface area contributed by atoms with E-state index in [9.17, 15) is 18.0 Å². The van der Waals surface area contributed by atoms with Crippen LogP contribution in [0.15, 0.2) is 24.3 Å². The third-order valence-electron chi connectivity index (χ3n) is 4.81. The summed E-state index contributed by atoms with van der Waals surface area (Å²) in [5, 5.41) is 0. The van der Waals surface area contributed by atoms with Gasteiger partial charge in [-0.3, -0.25) is 13.9 Å². The largest absolute Gasteiger partial charge is 0.494 e. The fourth-order valence-corrected chi connectivity index (χ4v) is 4.59. The second-order valence-electron chi connectivity index (χ2n) is 6.78. The molecule has 1 saturated heterocycles. The maximum absolute atomic E-state index is 13.0. The van der Waals surface area contributed by atoms with E-state index in [0.29, 0.717) is 44.0 Å². The van der Waals surface area contributed by atoms with Gasteiger partial charge in [0.1, 0.15) is 11.8 Å². The van der Waals surface area contributed by atoms with Crippen LogP contribution in [0.25, 0.3) is 0 Å². The van der Waals surface area contributed by atoms with Crippen LogP contribution in [0.1, 0.15) is 26.7 Å². The zero-order valence-electron chi connectivity index (χ0n) is 16.8. The van der Waals surface area contributed by atoms with Crippen LogP contribution >= 0.6 is 0 Å². The number of ether oxygens (including phenoxy) is 2. The number of sulfonamides is 1. The Hall–Kier alpha value is -2.29. The van der Waals surface area contributed by atoms with E-state index < -0.39 is 16.1 Å². The van der Waals surface area contributed by atoms with Gasteiger partial charge in [-0.05, 0) is 51.0 Å². The summed E-state index contributed by atoms with van der Waals surface area (Å²) in [6.45, 7) is 4.73. The minimum Gasteiger partial charge on any atom is -0.494 e. The molecule has 8 nitrogen and oxygen atoms in total. The van der Waals surface area contributed by atoms with E-state index in [-0.39, 0.29) is 17.8 Å². The van der Waals surface area contributed by atoms with Crippen LogP contribution in [0.2, 0.25) is 0 Å². The molecule has 1 aliphatic rings. The molecule has 0 spiro atoms. The molecule has 0 radical (unpaired) electrons. The van der Waals surface area contributed by atoms with E-state index in [1.54, 1.807) is 36.1 Å². The minimum absolute atomic E-state index is 0.221. The number of nitrogens with zero attached hydrogens (tertiary/aromatic N) is 2. The molecule has 0 saturated carbocycles. The minimum atomic E-state index is -3.68. The number of carbonyl (C=O) groups excluding carboxylic acids is 2. The first-order chi connectivity index (χ1) is 13.2. The molecule has 1 atom stereocenters. The van der Waals surface area contributed by atoms with Gasteiger partial charge in [0.15, 0.2) is 0 Å². The summed E-state index contributed by atoms with van der Waals surface area (Å²) in [5.41, 5.74) is 0.399. The van der Waals surface area contributed by atoms with Crippen LogP contribution in [0.5, 0.6) is 5.75 Å². The molecule has 1 aromatic carbocycles. The first-order valence-electron chi connectivity index (χ1n) is 9.28. The van der Waals surface area contributed by atoms with E-state index in [4.69, 9.17) is 9.47 Å². The molecule has 2 rings (SSSR count). The topological polar surface area (TPSA) is 93.2 Å². The lowest BCUT2D eigenvalue weighted by atomic mass is 9.96. The van der Waals surface area contributed by atoms with E-state index in [1.165, 1.54) is 7.11 Å². The molecule has 1 aromatic rings. The lowest BCUT2D eigenvalue weighted by Crippen LogP contribution is -2.51. The number of hydrogen-bond donors (Lipinski definition) is 0. The molecule has 0 aliphatic carbocycles. The first kappa shape index (κ1) is 22.0. The van der Waals surface area contributed by atoms with Gasteiger partial charge in [-0.1, -0.05) is 0 Å². The molecule has 1 amide bonds. The molecule has 0 unspecified atom stereocenters. The maximum Gasteiger partial charge on any atom is 0.308 e. The predicted octanol–water partition coefficient (Wildman–Crippen LogP) is 1.65. The molecule has 9 heteroatoms. The molecule has 1 aliphatic heterocycles. The van der Waals surface area contributed by atoms with Gasteiger partial charge in [0, 0.05) is 13.1 Å². The molecule has 1 heterocycles. The van der Waals surface area contributed by atoms with Gasteiger partial charge in [0.25, 0.3) is 0 Å². The number of rotatable bonds is 7. The van der Waals surface area contributed by atoms with Gasteiger partial charge >= 0.3 is 5.97 Å². The highest BCUT2D eigenvalue weighted by atomic mass is 32.2. The summed E-state index contributed by atoms with van der Waals surface area (Å²) in [6, 6.07) is 5.70. The van der Waals surface area contributed by atoms with Crippen LogP contribution in [0, 0.1) is 5.92 Å². The highest BCUT2D eigenvalue weighted by molar-refractivity contribution is 7.92. The fraction of sp³-hybridized carbons (Fsp3) is 0.579. The summed E-state index contributed by atoms with van der Waals surface area (Å²) >= 11 is 0. The van der Waals surface area contributed by atoms with E-state index in [2.05, 4.69) is 0 Å². The normalized spacial score (nSPS) is 16.4. The first-order valence-corrected chi connectivity index (χ1v) is 11.1. The summed E-state index contributed by atoms with van der Waals surface area (Å²) in [6.07, 6.45) is 2.09. The Bertz CT molecular complexity index is 785. The van der Waals surface area contributed by atoms with Crippen LogP contribution < -0.4 is 9.04 Å². The van der Waals surface area contributed by atoms with E-state index in [1.807, 2.05) is 6.92 Å². The van der Waals surface area contributed by atoms with Crippen LogP contribution in [0.3, 0.4) is 0 Å². The number of methoxy groups -OCH3 is 1. The molecular formula is C19H28N2O6S. The Morgan fingerprint density at radius 1 is 1.21 bits per heavy atom. The number of benzene rings is 1. The quantitative estimate of drug-likeness (QED) is 0.632. The molecule has 0 N–H and O–H groups in total. The Morgan fingerprint density at radius 3 is 2.25 bits per heavy atom. The molecular weight excluding hydrogens is 384 g/mol. The van der Waals surface area contributed by atoms with Gasteiger partial charge in [-0.15, -0.1) is 0 Å². The van der Waals surface area contributed by atoms with Gasteiger partial charge in [0.2, 0.25) is 15.9 Å². The van der Waals surface area contributed by atoms with Crippen molar-refractivity contribution < 1.29 is 27.5 Å². The zero-order valence-corrected chi connectivity index (χ0v) is 17.6. The fourth-order valence-electron chi connectivity index (χ4n) is 3.43. The van der Waals surface area contributed by atoms with Crippen molar-refractivity contribution in [1.29, 1.82) is 0 Å². The standard InChI is InChI=1S/C19H28N2O6S/c1-5-27-17-8-6-16(7-9-17)21(28(4,24)25)14(2)18(22)20-12-10-15(11-13-20)19(23)26-3/h6-9,14-15H,5,10-13H2,1-4H3/t14-/m0/s1. The van der Waals surface area contributed by atoms with Crippen LogP contribution in [-0.4, -0.2) is 64.3 Å².